The van der Waals surface area contributed by atoms with Gasteiger partial charge in [-0.1, -0.05) is 60.3 Å². The maximum Gasteiger partial charge on any atom is 0.00672 e. The minimum absolute atomic E-state index is 0.566. The highest BCUT2D eigenvalue weighted by atomic mass is 14.9. The number of unbranched alkanes of at least 4 members (excludes halogenated alkanes) is 1. The average molecular weight is 336 g/mol. The van der Waals surface area contributed by atoms with Gasteiger partial charge in [0.2, 0.25) is 0 Å². The highest BCUT2D eigenvalue weighted by Crippen LogP contribution is 2.49. The molecule has 0 aromatic heterocycles. The SMILES string of the molecule is CCCCC(CCC1CCC(C)CCN1)C1CC(C)CCC1(C)C. The molecular formula is C23H45N. The number of hydrogen-bond acceptors (Lipinski definition) is 1. The van der Waals surface area contributed by atoms with Gasteiger partial charge in [0.05, 0.1) is 0 Å². The molecule has 1 aliphatic heterocycles. The lowest BCUT2D eigenvalue weighted by molar-refractivity contribution is 0.0445. The predicted octanol–water partition coefficient (Wildman–Crippen LogP) is 6.81. The molecule has 1 heteroatoms. The third-order valence-electron chi connectivity index (χ3n) is 7.40. The molecule has 0 radical (unpaired) electrons. The summed E-state index contributed by atoms with van der Waals surface area (Å²) in [5, 5.41) is 3.86. The Bertz CT molecular complexity index is 348. The molecule has 142 valence electrons. The Hall–Kier alpha value is -0.0400. The molecular weight excluding hydrogens is 290 g/mol. The molecule has 0 aromatic rings. The van der Waals surface area contributed by atoms with E-state index in [4.69, 9.17) is 0 Å². The summed E-state index contributed by atoms with van der Waals surface area (Å²) in [7, 11) is 0. The Morgan fingerprint density at radius 1 is 1.00 bits per heavy atom. The van der Waals surface area contributed by atoms with E-state index >= 15 is 0 Å². The fourth-order valence-electron chi connectivity index (χ4n) is 5.45. The van der Waals surface area contributed by atoms with E-state index in [1.807, 2.05) is 0 Å². The summed E-state index contributed by atoms with van der Waals surface area (Å²) in [6, 6.07) is 0.795. The van der Waals surface area contributed by atoms with Gasteiger partial charge in [0.25, 0.3) is 0 Å². The number of nitrogens with one attached hydrogen (secondary N) is 1. The van der Waals surface area contributed by atoms with Crippen LogP contribution in [0.25, 0.3) is 0 Å². The molecule has 1 heterocycles. The van der Waals surface area contributed by atoms with Crippen molar-refractivity contribution in [3.63, 3.8) is 0 Å². The molecule has 1 nitrogen and oxygen atoms in total. The lowest BCUT2D eigenvalue weighted by Gasteiger charge is -2.46. The smallest absolute Gasteiger partial charge is 0.00672 e. The molecule has 24 heavy (non-hydrogen) atoms. The number of rotatable bonds is 7. The largest absolute Gasteiger partial charge is 0.314 e. The van der Waals surface area contributed by atoms with Gasteiger partial charge >= 0.3 is 0 Å². The molecule has 5 atom stereocenters. The maximum absolute atomic E-state index is 3.86. The van der Waals surface area contributed by atoms with Crippen molar-refractivity contribution < 1.29 is 0 Å². The van der Waals surface area contributed by atoms with Crippen LogP contribution >= 0.6 is 0 Å². The lowest BCUT2D eigenvalue weighted by Crippen LogP contribution is -2.37. The van der Waals surface area contributed by atoms with E-state index in [2.05, 4.69) is 39.9 Å². The first kappa shape index (κ1) is 20.3. The first-order valence-electron chi connectivity index (χ1n) is 11.2. The first-order valence-corrected chi connectivity index (χ1v) is 11.2. The molecule has 1 aliphatic carbocycles. The minimum atomic E-state index is 0.566. The van der Waals surface area contributed by atoms with Crippen LogP contribution in [0.3, 0.4) is 0 Å². The second-order valence-electron chi connectivity index (χ2n) is 10.1. The van der Waals surface area contributed by atoms with Crippen LogP contribution in [0.4, 0.5) is 0 Å². The van der Waals surface area contributed by atoms with Gasteiger partial charge in [-0.05, 0) is 80.6 Å². The van der Waals surface area contributed by atoms with Crippen LogP contribution in [-0.4, -0.2) is 12.6 Å². The zero-order valence-electron chi connectivity index (χ0n) is 17.4. The number of hydrogen-bond donors (Lipinski definition) is 1. The second kappa shape index (κ2) is 9.60. The van der Waals surface area contributed by atoms with Crippen molar-refractivity contribution in [3.8, 4) is 0 Å². The Balaban J connectivity index is 1.94. The van der Waals surface area contributed by atoms with Crippen molar-refractivity contribution in [1.29, 1.82) is 0 Å². The van der Waals surface area contributed by atoms with Crippen LogP contribution in [-0.2, 0) is 0 Å². The van der Waals surface area contributed by atoms with Crippen LogP contribution < -0.4 is 5.32 Å². The van der Waals surface area contributed by atoms with Crippen LogP contribution in [0.5, 0.6) is 0 Å². The molecule has 1 saturated heterocycles. The molecule has 0 aromatic carbocycles. The maximum atomic E-state index is 3.86. The summed E-state index contributed by atoms with van der Waals surface area (Å²) in [4.78, 5) is 0. The predicted molar refractivity (Wildman–Crippen MR) is 107 cm³/mol. The highest BCUT2D eigenvalue weighted by Gasteiger charge is 2.39. The van der Waals surface area contributed by atoms with E-state index in [-0.39, 0.29) is 0 Å². The van der Waals surface area contributed by atoms with E-state index in [0.717, 1.165) is 29.7 Å². The molecule has 2 aliphatic rings. The third-order valence-corrected chi connectivity index (χ3v) is 7.40. The summed E-state index contributed by atoms with van der Waals surface area (Å²) in [5.74, 6) is 3.79. The summed E-state index contributed by atoms with van der Waals surface area (Å²) in [6.07, 6.45) is 15.7. The van der Waals surface area contributed by atoms with Gasteiger partial charge in [0.1, 0.15) is 0 Å². The van der Waals surface area contributed by atoms with Crippen molar-refractivity contribution in [2.45, 2.75) is 111 Å². The van der Waals surface area contributed by atoms with Crippen molar-refractivity contribution in [3.05, 3.63) is 0 Å². The fraction of sp³-hybridized carbons (Fsp3) is 1.00. The van der Waals surface area contributed by atoms with Crippen LogP contribution in [0, 0.1) is 29.1 Å². The molecule has 2 rings (SSSR count). The van der Waals surface area contributed by atoms with E-state index < -0.39 is 0 Å². The molecule has 1 N–H and O–H groups in total. The summed E-state index contributed by atoms with van der Waals surface area (Å²) in [6.45, 7) is 13.7. The quantitative estimate of drug-likeness (QED) is 0.538. The molecule has 1 saturated carbocycles. The summed E-state index contributed by atoms with van der Waals surface area (Å²) in [5.41, 5.74) is 0.566. The van der Waals surface area contributed by atoms with E-state index in [1.54, 1.807) is 0 Å². The average Bonchev–Trinajstić information content (AvgIpc) is 2.75. The van der Waals surface area contributed by atoms with Crippen molar-refractivity contribution >= 4 is 0 Å². The van der Waals surface area contributed by atoms with Crippen molar-refractivity contribution in [1.82, 2.24) is 5.32 Å². The summed E-state index contributed by atoms with van der Waals surface area (Å²) >= 11 is 0. The molecule has 5 unspecified atom stereocenters. The molecule has 0 bridgehead atoms. The minimum Gasteiger partial charge on any atom is -0.314 e. The van der Waals surface area contributed by atoms with Gasteiger partial charge in [0.15, 0.2) is 0 Å². The van der Waals surface area contributed by atoms with E-state index in [1.165, 1.54) is 77.2 Å². The van der Waals surface area contributed by atoms with E-state index in [0.29, 0.717) is 5.41 Å². The topological polar surface area (TPSA) is 12.0 Å². The first-order chi connectivity index (χ1) is 11.4. The third kappa shape index (κ3) is 6.04. The highest BCUT2D eigenvalue weighted by molar-refractivity contribution is 4.90. The Morgan fingerprint density at radius 2 is 1.79 bits per heavy atom. The van der Waals surface area contributed by atoms with Crippen LogP contribution in [0.1, 0.15) is 105 Å². The van der Waals surface area contributed by atoms with Gasteiger partial charge in [-0.2, -0.15) is 0 Å². The van der Waals surface area contributed by atoms with Crippen LogP contribution in [0.15, 0.2) is 0 Å². The van der Waals surface area contributed by atoms with Crippen molar-refractivity contribution in [2.24, 2.45) is 29.1 Å². The van der Waals surface area contributed by atoms with Crippen molar-refractivity contribution in [2.75, 3.05) is 6.54 Å². The zero-order chi connectivity index (χ0) is 17.6. The molecule has 0 spiro atoms. The van der Waals surface area contributed by atoms with Crippen LogP contribution in [0.2, 0.25) is 0 Å². The zero-order valence-corrected chi connectivity index (χ0v) is 17.4. The Labute approximate surface area is 152 Å². The molecule has 0 amide bonds. The Morgan fingerprint density at radius 3 is 2.54 bits per heavy atom. The monoisotopic (exact) mass is 335 g/mol. The van der Waals surface area contributed by atoms with Gasteiger partial charge in [-0.3, -0.25) is 0 Å². The standard InChI is InChI=1S/C23H45N/c1-6-7-8-20(22-17-19(3)13-15-23(22,4)5)10-12-21-11-9-18(2)14-16-24-21/h18-22,24H,6-17H2,1-5H3. The summed E-state index contributed by atoms with van der Waals surface area (Å²) < 4.78 is 0. The second-order valence-corrected chi connectivity index (χ2v) is 10.1. The fourth-order valence-corrected chi connectivity index (χ4v) is 5.45. The van der Waals surface area contributed by atoms with E-state index in [9.17, 15) is 0 Å². The Kier molecular flexibility index (Phi) is 8.11. The lowest BCUT2D eigenvalue weighted by atomic mass is 9.60. The van der Waals surface area contributed by atoms with Gasteiger partial charge in [-0.15, -0.1) is 0 Å². The van der Waals surface area contributed by atoms with Gasteiger partial charge in [-0.25, -0.2) is 0 Å². The van der Waals surface area contributed by atoms with Gasteiger partial charge < -0.3 is 5.32 Å². The van der Waals surface area contributed by atoms with Gasteiger partial charge in [0, 0.05) is 6.04 Å². The normalized spacial score (nSPS) is 35.4. The molecule has 2 fully saturated rings.